The molecule has 0 bridgehead atoms. The summed E-state index contributed by atoms with van der Waals surface area (Å²) in [6, 6.07) is 4.57. The van der Waals surface area contributed by atoms with Gasteiger partial charge in [0.15, 0.2) is 0 Å². The molecule has 1 aromatic carbocycles. The maximum atomic E-state index is 12.6. The maximum absolute atomic E-state index is 12.6. The second kappa shape index (κ2) is 3.58. The topological polar surface area (TPSA) is 12.0 Å². The van der Waals surface area contributed by atoms with Crippen LogP contribution in [-0.2, 0) is 0 Å². The van der Waals surface area contributed by atoms with Gasteiger partial charge < -0.3 is 5.32 Å². The van der Waals surface area contributed by atoms with Crippen LogP contribution in [0, 0.1) is 5.82 Å². The second-order valence-electron chi connectivity index (χ2n) is 2.16. The van der Waals surface area contributed by atoms with Crippen LogP contribution in [0.15, 0.2) is 18.2 Å². The standard InChI is InChI=1S/C8H9ClFN/c1-2-11-6-3-4-8(10)7(9)5-6/h3-5,11H,2H2,1H3. The van der Waals surface area contributed by atoms with Crippen LogP contribution in [0.3, 0.4) is 0 Å². The number of hydrogen-bond acceptors (Lipinski definition) is 1. The highest BCUT2D eigenvalue weighted by atomic mass is 35.5. The van der Waals surface area contributed by atoms with Crippen molar-refractivity contribution in [2.45, 2.75) is 6.92 Å². The van der Waals surface area contributed by atoms with Gasteiger partial charge in [-0.25, -0.2) is 4.39 Å². The third-order valence-corrected chi connectivity index (χ3v) is 1.59. The van der Waals surface area contributed by atoms with Gasteiger partial charge in [-0.3, -0.25) is 0 Å². The van der Waals surface area contributed by atoms with E-state index in [2.05, 4.69) is 5.32 Å². The minimum atomic E-state index is -0.381. The molecule has 0 saturated heterocycles. The van der Waals surface area contributed by atoms with Gasteiger partial charge in [0.05, 0.1) is 5.02 Å². The zero-order valence-electron chi connectivity index (χ0n) is 6.20. The van der Waals surface area contributed by atoms with Crippen molar-refractivity contribution in [1.29, 1.82) is 0 Å². The highest BCUT2D eigenvalue weighted by Gasteiger charge is 1.98. The molecule has 0 spiro atoms. The fourth-order valence-electron chi connectivity index (χ4n) is 0.810. The first-order valence-corrected chi connectivity index (χ1v) is 3.80. The fourth-order valence-corrected chi connectivity index (χ4v) is 0.991. The van der Waals surface area contributed by atoms with Crippen LogP contribution < -0.4 is 5.32 Å². The molecule has 0 aliphatic rings. The third-order valence-electron chi connectivity index (χ3n) is 1.30. The molecule has 0 fully saturated rings. The number of anilines is 1. The van der Waals surface area contributed by atoms with Gasteiger partial charge in [0.1, 0.15) is 5.82 Å². The summed E-state index contributed by atoms with van der Waals surface area (Å²) in [5, 5.41) is 3.18. The molecule has 60 valence electrons. The van der Waals surface area contributed by atoms with Gasteiger partial charge in [-0.2, -0.15) is 0 Å². The molecule has 0 aromatic heterocycles. The predicted molar refractivity (Wildman–Crippen MR) is 45.6 cm³/mol. The van der Waals surface area contributed by atoms with Crippen LogP contribution in [0.4, 0.5) is 10.1 Å². The van der Waals surface area contributed by atoms with Crippen LogP contribution in [0.25, 0.3) is 0 Å². The van der Waals surface area contributed by atoms with E-state index in [-0.39, 0.29) is 10.8 Å². The number of halogens is 2. The summed E-state index contributed by atoms with van der Waals surface area (Å²) < 4.78 is 12.6. The largest absolute Gasteiger partial charge is 0.385 e. The Morgan fingerprint density at radius 1 is 1.55 bits per heavy atom. The van der Waals surface area contributed by atoms with E-state index in [0.717, 1.165) is 12.2 Å². The summed E-state index contributed by atoms with van der Waals surface area (Å²) >= 11 is 5.53. The van der Waals surface area contributed by atoms with Gasteiger partial charge in [0.25, 0.3) is 0 Å². The molecule has 0 radical (unpaired) electrons. The molecule has 0 atom stereocenters. The lowest BCUT2D eigenvalue weighted by Crippen LogP contribution is -1.96. The van der Waals surface area contributed by atoms with Crippen molar-refractivity contribution in [3.63, 3.8) is 0 Å². The van der Waals surface area contributed by atoms with E-state index in [0.29, 0.717) is 0 Å². The van der Waals surface area contributed by atoms with E-state index >= 15 is 0 Å². The summed E-state index contributed by atoms with van der Waals surface area (Å²) in [7, 11) is 0. The van der Waals surface area contributed by atoms with Crippen molar-refractivity contribution in [3.05, 3.63) is 29.0 Å². The van der Waals surface area contributed by atoms with Crippen LogP contribution in [0.5, 0.6) is 0 Å². The quantitative estimate of drug-likeness (QED) is 0.725. The minimum absolute atomic E-state index is 0.156. The van der Waals surface area contributed by atoms with Crippen LogP contribution >= 0.6 is 11.6 Å². The normalized spacial score (nSPS) is 9.73. The molecule has 1 nitrogen and oxygen atoms in total. The smallest absolute Gasteiger partial charge is 0.141 e. The van der Waals surface area contributed by atoms with Crippen molar-refractivity contribution < 1.29 is 4.39 Å². The molecule has 0 heterocycles. The Morgan fingerprint density at radius 3 is 2.82 bits per heavy atom. The first-order valence-electron chi connectivity index (χ1n) is 3.43. The molecule has 0 amide bonds. The van der Waals surface area contributed by atoms with Gasteiger partial charge in [-0.15, -0.1) is 0 Å². The lowest BCUT2D eigenvalue weighted by atomic mass is 10.3. The summed E-state index contributed by atoms with van der Waals surface area (Å²) in [4.78, 5) is 0. The number of benzene rings is 1. The van der Waals surface area contributed by atoms with Gasteiger partial charge in [0, 0.05) is 12.2 Å². The molecule has 1 rings (SSSR count). The molecule has 11 heavy (non-hydrogen) atoms. The molecule has 0 unspecified atom stereocenters. The third kappa shape index (κ3) is 2.09. The van der Waals surface area contributed by atoms with Crippen molar-refractivity contribution in [1.82, 2.24) is 0 Å². The summed E-state index contributed by atoms with van der Waals surface area (Å²) in [5.74, 6) is -0.381. The zero-order chi connectivity index (χ0) is 8.27. The molecule has 3 heteroatoms. The summed E-state index contributed by atoms with van der Waals surface area (Å²) in [6.45, 7) is 2.78. The monoisotopic (exact) mass is 173 g/mol. The Bertz CT molecular complexity index is 250. The number of hydrogen-bond donors (Lipinski definition) is 1. The first kappa shape index (κ1) is 8.34. The zero-order valence-corrected chi connectivity index (χ0v) is 6.95. The Hall–Kier alpha value is -0.760. The highest BCUT2D eigenvalue weighted by Crippen LogP contribution is 2.18. The van der Waals surface area contributed by atoms with Gasteiger partial charge in [-0.05, 0) is 25.1 Å². The van der Waals surface area contributed by atoms with Crippen molar-refractivity contribution in [3.8, 4) is 0 Å². The highest BCUT2D eigenvalue weighted by molar-refractivity contribution is 6.31. The number of rotatable bonds is 2. The van der Waals surface area contributed by atoms with Crippen LogP contribution in [0.2, 0.25) is 5.02 Å². The van der Waals surface area contributed by atoms with Gasteiger partial charge in [-0.1, -0.05) is 11.6 Å². The molecule has 0 aliphatic carbocycles. The Morgan fingerprint density at radius 2 is 2.27 bits per heavy atom. The lowest BCUT2D eigenvalue weighted by Gasteiger charge is -2.02. The molecular formula is C8H9ClFN. The van der Waals surface area contributed by atoms with Gasteiger partial charge >= 0.3 is 0 Å². The van der Waals surface area contributed by atoms with Crippen molar-refractivity contribution >= 4 is 17.3 Å². The van der Waals surface area contributed by atoms with Crippen LogP contribution in [-0.4, -0.2) is 6.54 Å². The van der Waals surface area contributed by atoms with E-state index in [9.17, 15) is 4.39 Å². The summed E-state index contributed by atoms with van der Waals surface area (Å²) in [6.07, 6.45) is 0. The molecule has 0 saturated carbocycles. The number of nitrogens with one attached hydrogen (secondary N) is 1. The Kier molecular flexibility index (Phi) is 2.71. The SMILES string of the molecule is CCNc1ccc(F)c(Cl)c1. The minimum Gasteiger partial charge on any atom is -0.385 e. The average molecular weight is 174 g/mol. The first-order chi connectivity index (χ1) is 5.24. The van der Waals surface area contributed by atoms with Crippen LogP contribution in [0.1, 0.15) is 6.92 Å². The van der Waals surface area contributed by atoms with Gasteiger partial charge in [0.2, 0.25) is 0 Å². The molecule has 0 aliphatic heterocycles. The van der Waals surface area contributed by atoms with E-state index < -0.39 is 0 Å². The van der Waals surface area contributed by atoms with E-state index in [1.54, 1.807) is 12.1 Å². The summed E-state index contributed by atoms with van der Waals surface area (Å²) in [5.41, 5.74) is 0.846. The average Bonchev–Trinajstić information content (AvgIpc) is 1.98. The second-order valence-corrected chi connectivity index (χ2v) is 2.57. The van der Waals surface area contributed by atoms with Crippen molar-refractivity contribution in [2.24, 2.45) is 0 Å². The molecular weight excluding hydrogens is 165 g/mol. The predicted octanol–water partition coefficient (Wildman–Crippen LogP) is 2.91. The Balaban J connectivity index is 2.86. The Labute approximate surface area is 70.2 Å². The van der Waals surface area contributed by atoms with E-state index in [1.165, 1.54) is 6.07 Å². The van der Waals surface area contributed by atoms with E-state index in [4.69, 9.17) is 11.6 Å². The van der Waals surface area contributed by atoms with Crippen molar-refractivity contribution in [2.75, 3.05) is 11.9 Å². The lowest BCUT2D eigenvalue weighted by molar-refractivity contribution is 0.628. The van der Waals surface area contributed by atoms with E-state index in [1.807, 2.05) is 6.92 Å². The fraction of sp³-hybridized carbons (Fsp3) is 0.250. The maximum Gasteiger partial charge on any atom is 0.141 e. The molecule has 1 aromatic rings. The molecule has 1 N–H and O–H groups in total.